The highest BCUT2D eigenvalue weighted by atomic mass is 35.5. The Morgan fingerprint density at radius 1 is 1.12 bits per heavy atom. The zero-order chi connectivity index (χ0) is 18.1. The Hall–Kier alpha value is -2.48. The number of thiazole rings is 1. The van der Waals surface area contributed by atoms with Gasteiger partial charge in [0, 0.05) is 22.2 Å². The average molecular weight is 408 g/mol. The summed E-state index contributed by atoms with van der Waals surface area (Å²) in [5.74, 6) is 0.998. The van der Waals surface area contributed by atoms with Crippen molar-refractivity contribution in [2.75, 3.05) is 17.4 Å². The van der Waals surface area contributed by atoms with Crippen molar-refractivity contribution in [2.24, 2.45) is 0 Å². The molecule has 0 radical (unpaired) electrons. The number of fused-ring (bicyclic) bond motifs is 1. The second kappa shape index (κ2) is 7.03. The number of hydrogen-bond donors (Lipinski definition) is 2. The Bertz CT molecular complexity index is 993. The van der Waals surface area contributed by atoms with Crippen molar-refractivity contribution in [1.82, 2.24) is 4.98 Å². The van der Waals surface area contributed by atoms with Crippen LogP contribution >= 0.6 is 34.5 Å². The minimum Gasteiger partial charge on any atom is -0.454 e. The molecule has 0 saturated carbocycles. The van der Waals surface area contributed by atoms with Crippen LogP contribution < -0.4 is 20.1 Å². The maximum atomic E-state index is 12.4. The Balaban J connectivity index is 1.47. The Morgan fingerprint density at radius 3 is 2.85 bits per heavy atom. The third-order valence-electron chi connectivity index (χ3n) is 3.54. The van der Waals surface area contributed by atoms with Gasteiger partial charge in [0.25, 0.3) is 5.91 Å². The van der Waals surface area contributed by atoms with E-state index in [0.717, 1.165) is 5.69 Å². The molecule has 1 amide bonds. The lowest BCUT2D eigenvalue weighted by Crippen LogP contribution is -2.12. The van der Waals surface area contributed by atoms with Crippen LogP contribution in [-0.4, -0.2) is 17.7 Å². The third-order valence-corrected chi connectivity index (χ3v) is 4.86. The third kappa shape index (κ3) is 3.55. The minimum atomic E-state index is -0.371. The van der Waals surface area contributed by atoms with Gasteiger partial charge in [-0.25, -0.2) is 4.98 Å². The fourth-order valence-electron chi connectivity index (χ4n) is 2.31. The zero-order valence-corrected chi connectivity index (χ0v) is 15.4. The summed E-state index contributed by atoms with van der Waals surface area (Å²) in [6.07, 6.45) is 0. The summed E-state index contributed by atoms with van der Waals surface area (Å²) >= 11 is 13.3. The zero-order valence-electron chi connectivity index (χ0n) is 13.1. The van der Waals surface area contributed by atoms with Gasteiger partial charge in [0.2, 0.25) is 6.79 Å². The van der Waals surface area contributed by atoms with Crippen LogP contribution in [0.2, 0.25) is 10.0 Å². The lowest BCUT2D eigenvalue weighted by molar-refractivity contribution is 0.102. The average Bonchev–Trinajstić information content (AvgIpc) is 3.27. The first-order valence-electron chi connectivity index (χ1n) is 7.47. The molecule has 0 saturated heterocycles. The van der Waals surface area contributed by atoms with Gasteiger partial charge in [-0.3, -0.25) is 4.79 Å². The van der Waals surface area contributed by atoms with Crippen molar-refractivity contribution in [3.05, 3.63) is 57.5 Å². The van der Waals surface area contributed by atoms with Crippen LogP contribution in [0.1, 0.15) is 10.5 Å². The standard InChI is InChI=1S/C17H11Cl2N3O3S/c18-9-1-3-11(19)12(5-9)21-16(23)13-7-26-17(22-13)20-10-2-4-14-15(6-10)25-8-24-14/h1-7H,8H2,(H,20,22)(H,21,23). The monoisotopic (exact) mass is 407 g/mol. The second-order valence-corrected chi connectivity index (χ2v) is 7.01. The molecular formula is C17H11Cl2N3O3S. The van der Waals surface area contributed by atoms with Crippen molar-refractivity contribution in [3.8, 4) is 11.5 Å². The highest BCUT2D eigenvalue weighted by Gasteiger charge is 2.15. The molecule has 132 valence electrons. The summed E-state index contributed by atoms with van der Waals surface area (Å²) in [5.41, 5.74) is 1.49. The van der Waals surface area contributed by atoms with E-state index in [9.17, 15) is 4.79 Å². The van der Waals surface area contributed by atoms with E-state index in [0.29, 0.717) is 32.4 Å². The van der Waals surface area contributed by atoms with Gasteiger partial charge in [-0.05, 0) is 30.3 Å². The van der Waals surface area contributed by atoms with Crippen LogP contribution in [0, 0.1) is 0 Å². The van der Waals surface area contributed by atoms with Crippen LogP contribution in [0.25, 0.3) is 0 Å². The molecule has 3 aromatic rings. The number of carbonyl (C=O) groups excluding carboxylic acids is 1. The largest absolute Gasteiger partial charge is 0.454 e. The van der Waals surface area contributed by atoms with Gasteiger partial charge in [0.05, 0.1) is 10.7 Å². The maximum absolute atomic E-state index is 12.4. The van der Waals surface area contributed by atoms with Crippen LogP contribution in [0.3, 0.4) is 0 Å². The molecule has 0 atom stereocenters. The molecule has 2 heterocycles. The Morgan fingerprint density at radius 2 is 1.96 bits per heavy atom. The Kier molecular flexibility index (Phi) is 4.58. The number of nitrogens with zero attached hydrogens (tertiary/aromatic N) is 1. The molecule has 4 rings (SSSR count). The second-order valence-electron chi connectivity index (χ2n) is 5.31. The SMILES string of the molecule is O=C(Nc1cc(Cl)ccc1Cl)c1csc(Nc2ccc3c(c2)OCO3)n1. The molecule has 1 aromatic heterocycles. The molecule has 1 aliphatic heterocycles. The molecule has 0 aliphatic carbocycles. The normalized spacial score (nSPS) is 12.1. The number of nitrogens with one attached hydrogen (secondary N) is 2. The number of halogens is 2. The van der Waals surface area contributed by atoms with E-state index in [2.05, 4.69) is 15.6 Å². The number of hydrogen-bond acceptors (Lipinski definition) is 6. The van der Waals surface area contributed by atoms with Crippen LogP contribution in [0.4, 0.5) is 16.5 Å². The van der Waals surface area contributed by atoms with Gasteiger partial charge in [0.15, 0.2) is 16.6 Å². The van der Waals surface area contributed by atoms with Crippen LogP contribution in [-0.2, 0) is 0 Å². The molecule has 9 heteroatoms. The molecule has 0 unspecified atom stereocenters. The fourth-order valence-corrected chi connectivity index (χ4v) is 3.36. The summed E-state index contributed by atoms with van der Waals surface area (Å²) in [4.78, 5) is 16.7. The number of rotatable bonds is 4. The molecule has 6 nitrogen and oxygen atoms in total. The molecule has 0 bridgehead atoms. The summed E-state index contributed by atoms with van der Waals surface area (Å²) < 4.78 is 10.6. The van der Waals surface area contributed by atoms with E-state index in [-0.39, 0.29) is 18.4 Å². The number of amides is 1. The lowest BCUT2D eigenvalue weighted by atomic mass is 10.3. The number of benzene rings is 2. The van der Waals surface area contributed by atoms with Crippen LogP contribution in [0.15, 0.2) is 41.8 Å². The smallest absolute Gasteiger partial charge is 0.275 e. The highest BCUT2D eigenvalue weighted by Crippen LogP contribution is 2.35. The van der Waals surface area contributed by atoms with E-state index in [4.69, 9.17) is 32.7 Å². The lowest BCUT2D eigenvalue weighted by Gasteiger charge is -2.06. The van der Waals surface area contributed by atoms with Gasteiger partial charge in [-0.2, -0.15) is 0 Å². The highest BCUT2D eigenvalue weighted by molar-refractivity contribution is 7.14. The summed E-state index contributed by atoms with van der Waals surface area (Å²) in [6, 6.07) is 10.3. The molecule has 2 aromatic carbocycles. The van der Waals surface area contributed by atoms with E-state index >= 15 is 0 Å². The fraction of sp³-hybridized carbons (Fsp3) is 0.0588. The molecule has 0 spiro atoms. The first-order valence-corrected chi connectivity index (χ1v) is 9.11. The summed E-state index contributed by atoms with van der Waals surface area (Å²) in [7, 11) is 0. The van der Waals surface area contributed by atoms with E-state index in [1.807, 2.05) is 18.2 Å². The molecule has 26 heavy (non-hydrogen) atoms. The van der Waals surface area contributed by atoms with Crippen molar-refractivity contribution >= 4 is 57.0 Å². The van der Waals surface area contributed by atoms with Crippen molar-refractivity contribution < 1.29 is 14.3 Å². The first kappa shape index (κ1) is 17.0. The predicted molar refractivity (Wildman–Crippen MR) is 102 cm³/mol. The number of ether oxygens (including phenoxy) is 2. The number of aromatic nitrogens is 1. The molecule has 2 N–H and O–H groups in total. The molecule has 0 fully saturated rings. The minimum absolute atomic E-state index is 0.215. The van der Waals surface area contributed by atoms with Gasteiger partial charge < -0.3 is 20.1 Å². The molecular weight excluding hydrogens is 397 g/mol. The number of anilines is 3. The van der Waals surface area contributed by atoms with Gasteiger partial charge in [0.1, 0.15) is 5.69 Å². The Labute approximate surface area is 162 Å². The van der Waals surface area contributed by atoms with Crippen molar-refractivity contribution in [3.63, 3.8) is 0 Å². The summed E-state index contributed by atoms with van der Waals surface area (Å²) in [5, 5.41) is 8.95. The quantitative estimate of drug-likeness (QED) is 0.623. The first-order chi connectivity index (χ1) is 12.6. The number of carbonyl (C=O) groups is 1. The van der Waals surface area contributed by atoms with Crippen molar-refractivity contribution in [1.29, 1.82) is 0 Å². The van der Waals surface area contributed by atoms with Crippen LogP contribution in [0.5, 0.6) is 11.5 Å². The predicted octanol–water partition coefficient (Wildman–Crippen LogP) is 5.17. The maximum Gasteiger partial charge on any atom is 0.275 e. The van der Waals surface area contributed by atoms with Gasteiger partial charge in [-0.15, -0.1) is 11.3 Å². The van der Waals surface area contributed by atoms with Gasteiger partial charge in [-0.1, -0.05) is 23.2 Å². The van der Waals surface area contributed by atoms with Gasteiger partial charge >= 0.3 is 0 Å². The van der Waals surface area contributed by atoms with E-state index < -0.39 is 0 Å². The molecule has 1 aliphatic rings. The topological polar surface area (TPSA) is 72.5 Å². The van der Waals surface area contributed by atoms with E-state index in [1.54, 1.807) is 23.6 Å². The van der Waals surface area contributed by atoms with E-state index in [1.165, 1.54) is 11.3 Å². The summed E-state index contributed by atoms with van der Waals surface area (Å²) in [6.45, 7) is 0.215. The van der Waals surface area contributed by atoms with Crippen molar-refractivity contribution in [2.45, 2.75) is 0 Å².